The van der Waals surface area contributed by atoms with Gasteiger partial charge in [0.15, 0.2) is 12.3 Å². The van der Waals surface area contributed by atoms with E-state index in [0.29, 0.717) is 18.0 Å². The van der Waals surface area contributed by atoms with Crippen molar-refractivity contribution in [3.63, 3.8) is 0 Å². The second kappa shape index (κ2) is 8.81. The molecule has 0 radical (unpaired) electrons. The molecule has 0 unspecified atom stereocenters. The largest absolute Gasteiger partial charge is 0.497 e. The highest BCUT2D eigenvalue weighted by molar-refractivity contribution is 5.90. The first-order chi connectivity index (χ1) is 13.6. The summed E-state index contributed by atoms with van der Waals surface area (Å²) in [5.74, 6) is -0.407. The van der Waals surface area contributed by atoms with Gasteiger partial charge in [0, 0.05) is 6.54 Å². The normalized spacial score (nSPS) is 10.4. The third-order valence-electron chi connectivity index (χ3n) is 3.92. The Hall–Kier alpha value is -3.68. The maximum absolute atomic E-state index is 12.2. The summed E-state index contributed by atoms with van der Waals surface area (Å²) in [6.45, 7) is 1.56. The maximum Gasteiger partial charge on any atom is 0.361 e. The van der Waals surface area contributed by atoms with Crippen LogP contribution in [0.1, 0.15) is 21.7 Å². The van der Waals surface area contributed by atoms with E-state index < -0.39 is 18.5 Å². The summed E-state index contributed by atoms with van der Waals surface area (Å²) < 4.78 is 10.2. The number of nitrogens with zero attached hydrogens (tertiary/aromatic N) is 3. The Balaban J connectivity index is 1.53. The molecule has 1 aromatic heterocycles. The van der Waals surface area contributed by atoms with E-state index in [1.165, 1.54) is 4.80 Å². The molecule has 0 atom stereocenters. The van der Waals surface area contributed by atoms with Gasteiger partial charge in [0.2, 0.25) is 0 Å². The van der Waals surface area contributed by atoms with Crippen molar-refractivity contribution in [2.45, 2.75) is 13.5 Å². The number of benzene rings is 2. The number of carbonyl (C=O) groups is 2. The number of nitrogens with one attached hydrogen (secondary N) is 1. The van der Waals surface area contributed by atoms with Gasteiger partial charge in [-0.3, -0.25) is 4.79 Å². The Kier molecular flexibility index (Phi) is 6.01. The summed E-state index contributed by atoms with van der Waals surface area (Å²) in [5, 5.41) is 11.1. The van der Waals surface area contributed by atoms with Gasteiger partial charge < -0.3 is 14.8 Å². The van der Waals surface area contributed by atoms with Gasteiger partial charge in [-0.05, 0) is 36.8 Å². The van der Waals surface area contributed by atoms with E-state index in [9.17, 15) is 9.59 Å². The van der Waals surface area contributed by atoms with Crippen LogP contribution >= 0.6 is 0 Å². The Morgan fingerprint density at radius 2 is 1.86 bits per heavy atom. The molecule has 0 aliphatic carbocycles. The topological polar surface area (TPSA) is 95.3 Å². The summed E-state index contributed by atoms with van der Waals surface area (Å²) in [7, 11) is 1.58. The van der Waals surface area contributed by atoms with Gasteiger partial charge in [0.05, 0.1) is 18.5 Å². The van der Waals surface area contributed by atoms with E-state index in [1.807, 2.05) is 54.6 Å². The van der Waals surface area contributed by atoms with Gasteiger partial charge >= 0.3 is 5.97 Å². The molecule has 0 fully saturated rings. The quantitative estimate of drug-likeness (QED) is 0.631. The number of carbonyl (C=O) groups excluding carboxylic acids is 2. The van der Waals surface area contributed by atoms with Crippen molar-refractivity contribution in [3.05, 3.63) is 71.5 Å². The molecule has 0 aliphatic rings. The summed E-state index contributed by atoms with van der Waals surface area (Å²) in [6.07, 6.45) is 0. The molecule has 3 rings (SSSR count). The predicted octanol–water partition coefficient (Wildman–Crippen LogP) is 2.06. The molecule has 144 valence electrons. The van der Waals surface area contributed by atoms with Crippen LogP contribution < -0.4 is 10.1 Å². The maximum atomic E-state index is 12.2. The summed E-state index contributed by atoms with van der Waals surface area (Å²) in [6, 6.07) is 16.5. The molecule has 0 bridgehead atoms. The zero-order valence-electron chi connectivity index (χ0n) is 15.6. The lowest BCUT2D eigenvalue weighted by Crippen LogP contribution is -2.28. The zero-order chi connectivity index (χ0) is 19.9. The highest BCUT2D eigenvalue weighted by atomic mass is 16.5. The number of para-hydroxylation sites is 1. The van der Waals surface area contributed by atoms with E-state index >= 15 is 0 Å². The van der Waals surface area contributed by atoms with Crippen LogP contribution in [0.4, 0.5) is 0 Å². The summed E-state index contributed by atoms with van der Waals surface area (Å²) >= 11 is 0. The van der Waals surface area contributed by atoms with Crippen LogP contribution in [0.5, 0.6) is 5.75 Å². The van der Waals surface area contributed by atoms with Gasteiger partial charge in [-0.25, -0.2) is 4.79 Å². The van der Waals surface area contributed by atoms with Gasteiger partial charge in [-0.2, -0.15) is 9.90 Å². The minimum absolute atomic E-state index is 0.0736. The third kappa shape index (κ3) is 4.73. The minimum atomic E-state index is -0.698. The molecule has 3 aromatic rings. The highest BCUT2D eigenvalue weighted by Crippen LogP contribution is 2.12. The van der Waals surface area contributed by atoms with Gasteiger partial charge in [0.1, 0.15) is 5.75 Å². The van der Waals surface area contributed by atoms with Crippen LogP contribution in [0.25, 0.3) is 5.69 Å². The van der Waals surface area contributed by atoms with Gasteiger partial charge in [-0.15, -0.1) is 5.10 Å². The Bertz CT molecular complexity index is 969. The SMILES string of the molecule is COc1cccc(CNC(=O)COC(=O)c2nn(-c3ccccc3)nc2C)c1. The van der Waals surface area contributed by atoms with Crippen LogP contribution in [-0.4, -0.2) is 40.6 Å². The summed E-state index contributed by atoms with van der Waals surface area (Å²) in [4.78, 5) is 25.6. The van der Waals surface area contributed by atoms with Crippen molar-refractivity contribution in [1.82, 2.24) is 20.3 Å². The number of rotatable bonds is 7. The molecule has 1 heterocycles. The molecule has 8 heteroatoms. The minimum Gasteiger partial charge on any atom is -0.497 e. The van der Waals surface area contributed by atoms with E-state index in [2.05, 4.69) is 15.5 Å². The Labute approximate surface area is 162 Å². The van der Waals surface area contributed by atoms with Crippen LogP contribution in [0, 0.1) is 6.92 Å². The lowest BCUT2D eigenvalue weighted by molar-refractivity contribution is -0.124. The van der Waals surface area contributed by atoms with E-state index in [-0.39, 0.29) is 5.69 Å². The predicted molar refractivity (Wildman–Crippen MR) is 101 cm³/mol. The zero-order valence-corrected chi connectivity index (χ0v) is 15.6. The molecule has 1 N–H and O–H groups in total. The molecule has 0 saturated carbocycles. The number of aromatic nitrogens is 3. The first-order valence-corrected chi connectivity index (χ1v) is 8.63. The fourth-order valence-electron chi connectivity index (χ4n) is 2.48. The number of ether oxygens (including phenoxy) is 2. The average molecular weight is 380 g/mol. The molecular formula is C20H20N4O4. The number of hydrogen-bond acceptors (Lipinski definition) is 6. The molecule has 1 amide bonds. The Morgan fingerprint density at radius 1 is 1.07 bits per heavy atom. The number of aryl methyl sites for hydroxylation is 1. The van der Waals surface area contributed by atoms with Crippen molar-refractivity contribution < 1.29 is 19.1 Å². The average Bonchev–Trinajstić information content (AvgIpc) is 3.13. The lowest BCUT2D eigenvalue weighted by Gasteiger charge is -2.07. The van der Waals surface area contributed by atoms with Gasteiger partial charge in [0.25, 0.3) is 5.91 Å². The molecule has 8 nitrogen and oxygen atoms in total. The molecule has 2 aromatic carbocycles. The van der Waals surface area contributed by atoms with Crippen molar-refractivity contribution in [2.75, 3.05) is 13.7 Å². The van der Waals surface area contributed by atoms with Crippen molar-refractivity contribution in [1.29, 1.82) is 0 Å². The molecule has 0 saturated heterocycles. The van der Waals surface area contributed by atoms with Crippen molar-refractivity contribution in [2.24, 2.45) is 0 Å². The lowest BCUT2D eigenvalue weighted by atomic mass is 10.2. The summed E-state index contributed by atoms with van der Waals surface area (Å²) in [5.41, 5.74) is 2.09. The molecular weight excluding hydrogens is 360 g/mol. The van der Waals surface area contributed by atoms with Crippen LogP contribution in [0.3, 0.4) is 0 Å². The number of esters is 1. The highest BCUT2D eigenvalue weighted by Gasteiger charge is 2.19. The van der Waals surface area contributed by atoms with Crippen LogP contribution in [0.2, 0.25) is 0 Å². The monoisotopic (exact) mass is 380 g/mol. The fourth-order valence-corrected chi connectivity index (χ4v) is 2.48. The van der Waals surface area contributed by atoms with Crippen molar-refractivity contribution >= 4 is 11.9 Å². The molecule has 0 spiro atoms. The third-order valence-corrected chi connectivity index (χ3v) is 3.92. The number of hydrogen-bond donors (Lipinski definition) is 1. The second-order valence-corrected chi connectivity index (χ2v) is 5.96. The van der Waals surface area contributed by atoms with Crippen molar-refractivity contribution in [3.8, 4) is 11.4 Å². The first kappa shape index (κ1) is 19.1. The van der Waals surface area contributed by atoms with E-state index in [0.717, 1.165) is 11.3 Å². The van der Waals surface area contributed by atoms with E-state index in [1.54, 1.807) is 14.0 Å². The standard InChI is InChI=1S/C20H20N4O4/c1-14-19(23-24(22-14)16-8-4-3-5-9-16)20(26)28-13-18(25)21-12-15-7-6-10-17(11-15)27-2/h3-11H,12-13H2,1-2H3,(H,21,25). The van der Waals surface area contributed by atoms with E-state index in [4.69, 9.17) is 9.47 Å². The first-order valence-electron chi connectivity index (χ1n) is 8.63. The second-order valence-electron chi connectivity index (χ2n) is 5.96. The van der Waals surface area contributed by atoms with Crippen LogP contribution in [-0.2, 0) is 16.1 Å². The van der Waals surface area contributed by atoms with Crippen LogP contribution in [0.15, 0.2) is 54.6 Å². The number of methoxy groups -OCH3 is 1. The fraction of sp³-hybridized carbons (Fsp3) is 0.200. The smallest absolute Gasteiger partial charge is 0.361 e. The number of amides is 1. The molecule has 0 aliphatic heterocycles. The van der Waals surface area contributed by atoms with Gasteiger partial charge in [-0.1, -0.05) is 30.3 Å². The Morgan fingerprint density at radius 3 is 2.61 bits per heavy atom. The molecule has 28 heavy (non-hydrogen) atoms.